The van der Waals surface area contributed by atoms with Gasteiger partial charge in [-0.15, -0.1) is 0 Å². The second-order valence-corrected chi connectivity index (χ2v) is 8.33. The fourth-order valence-corrected chi connectivity index (χ4v) is 5.13. The second kappa shape index (κ2) is 7.20. The number of likely N-dealkylation sites (tertiary alicyclic amines) is 1. The van der Waals surface area contributed by atoms with Crippen molar-refractivity contribution in [3.05, 3.63) is 30.3 Å². The molecular formula is C21H30N2O3. The van der Waals surface area contributed by atoms with E-state index in [9.17, 15) is 4.79 Å². The summed E-state index contributed by atoms with van der Waals surface area (Å²) < 4.78 is 12.1. The highest BCUT2D eigenvalue weighted by molar-refractivity contribution is 5.76. The SMILES string of the molecule is CN(C)C[C@H]1[C@@H]2CC[C@@]3(CN(C(=O)CCCOc4ccccc4)C[C@@H]13)O2. The maximum absolute atomic E-state index is 12.7. The lowest BCUT2D eigenvalue weighted by atomic mass is 9.73. The molecule has 0 saturated carbocycles. The van der Waals surface area contributed by atoms with Gasteiger partial charge >= 0.3 is 0 Å². The van der Waals surface area contributed by atoms with Crippen LogP contribution in [-0.2, 0) is 9.53 Å². The molecule has 1 spiro atoms. The molecule has 3 saturated heterocycles. The number of carbonyl (C=O) groups excluding carboxylic acids is 1. The molecule has 4 rings (SSSR count). The van der Waals surface area contributed by atoms with E-state index in [-0.39, 0.29) is 11.5 Å². The summed E-state index contributed by atoms with van der Waals surface area (Å²) in [7, 11) is 4.26. The number of fused-ring (bicyclic) bond motifs is 1. The van der Waals surface area contributed by atoms with Gasteiger partial charge in [-0.3, -0.25) is 4.79 Å². The minimum Gasteiger partial charge on any atom is -0.494 e. The van der Waals surface area contributed by atoms with Gasteiger partial charge in [-0.05, 0) is 45.5 Å². The fourth-order valence-electron chi connectivity index (χ4n) is 5.13. The summed E-state index contributed by atoms with van der Waals surface area (Å²) in [6.07, 6.45) is 3.98. The largest absolute Gasteiger partial charge is 0.494 e. The highest BCUT2D eigenvalue weighted by atomic mass is 16.5. The predicted molar refractivity (Wildman–Crippen MR) is 100 cm³/mol. The van der Waals surface area contributed by atoms with Crippen molar-refractivity contribution in [1.29, 1.82) is 0 Å². The van der Waals surface area contributed by atoms with E-state index < -0.39 is 0 Å². The Labute approximate surface area is 156 Å². The van der Waals surface area contributed by atoms with Crippen LogP contribution in [0.5, 0.6) is 5.75 Å². The van der Waals surface area contributed by atoms with Gasteiger partial charge in [0.2, 0.25) is 5.91 Å². The normalized spacial score (nSPS) is 32.3. The van der Waals surface area contributed by atoms with Crippen LogP contribution in [-0.4, -0.2) is 67.7 Å². The van der Waals surface area contributed by atoms with Crippen LogP contribution in [0.2, 0.25) is 0 Å². The van der Waals surface area contributed by atoms with Crippen molar-refractivity contribution in [2.45, 2.75) is 37.4 Å². The molecule has 3 heterocycles. The molecule has 0 aromatic heterocycles. The van der Waals surface area contributed by atoms with Gasteiger partial charge in [0.25, 0.3) is 0 Å². The van der Waals surface area contributed by atoms with E-state index in [0.29, 0.717) is 31.0 Å². The van der Waals surface area contributed by atoms with E-state index in [1.54, 1.807) is 0 Å². The van der Waals surface area contributed by atoms with E-state index in [1.165, 1.54) is 0 Å². The molecule has 1 amide bonds. The van der Waals surface area contributed by atoms with Crippen LogP contribution in [0.15, 0.2) is 30.3 Å². The van der Waals surface area contributed by atoms with E-state index in [0.717, 1.165) is 44.6 Å². The third-order valence-corrected chi connectivity index (χ3v) is 6.26. The summed E-state index contributed by atoms with van der Waals surface area (Å²) in [5.41, 5.74) is -0.0540. The van der Waals surface area contributed by atoms with E-state index in [2.05, 4.69) is 23.9 Å². The Morgan fingerprint density at radius 2 is 2.15 bits per heavy atom. The van der Waals surface area contributed by atoms with Crippen molar-refractivity contribution < 1.29 is 14.3 Å². The summed E-state index contributed by atoms with van der Waals surface area (Å²) in [4.78, 5) is 17.0. The Bertz CT molecular complexity index is 635. The highest BCUT2D eigenvalue weighted by Gasteiger charge is 2.63. The van der Waals surface area contributed by atoms with Gasteiger partial charge < -0.3 is 19.3 Å². The lowest BCUT2D eigenvalue weighted by Crippen LogP contribution is -2.40. The molecule has 142 valence electrons. The van der Waals surface area contributed by atoms with E-state index in [1.807, 2.05) is 30.3 Å². The van der Waals surface area contributed by atoms with Gasteiger partial charge in [-0.1, -0.05) is 18.2 Å². The van der Waals surface area contributed by atoms with Crippen LogP contribution in [0.1, 0.15) is 25.7 Å². The first kappa shape index (κ1) is 17.8. The number of amides is 1. The monoisotopic (exact) mass is 358 g/mol. The molecule has 1 aromatic carbocycles. The lowest BCUT2D eigenvalue weighted by molar-refractivity contribution is -0.132. The lowest BCUT2D eigenvalue weighted by Gasteiger charge is -2.30. The first-order valence-electron chi connectivity index (χ1n) is 9.85. The molecule has 0 radical (unpaired) electrons. The third-order valence-electron chi connectivity index (χ3n) is 6.26. The smallest absolute Gasteiger partial charge is 0.222 e. The standard InChI is InChI=1S/C21H30N2O3/c1-22(2)13-17-18-14-23(15-21(18)11-10-19(17)26-21)20(24)9-6-12-25-16-7-4-3-5-8-16/h3-5,7-8,17-19H,6,9-15H2,1-2H3/t17-,18+,19+,21+/m1/s1. The molecule has 3 fully saturated rings. The zero-order chi connectivity index (χ0) is 18.1. The van der Waals surface area contributed by atoms with Crippen LogP contribution in [0.4, 0.5) is 0 Å². The van der Waals surface area contributed by atoms with Crippen molar-refractivity contribution in [2.24, 2.45) is 11.8 Å². The average molecular weight is 358 g/mol. The molecule has 3 aliphatic heterocycles. The van der Waals surface area contributed by atoms with Gasteiger partial charge in [0, 0.05) is 31.3 Å². The molecule has 26 heavy (non-hydrogen) atoms. The Hall–Kier alpha value is -1.59. The van der Waals surface area contributed by atoms with Crippen molar-refractivity contribution in [3.63, 3.8) is 0 Å². The first-order valence-corrected chi connectivity index (χ1v) is 9.85. The van der Waals surface area contributed by atoms with Crippen molar-refractivity contribution >= 4 is 5.91 Å². The van der Waals surface area contributed by atoms with Gasteiger partial charge in [-0.2, -0.15) is 0 Å². The Morgan fingerprint density at radius 1 is 1.35 bits per heavy atom. The summed E-state index contributed by atoms with van der Waals surface area (Å²) in [6.45, 7) is 3.30. The van der Waals surface area contributed by atoms with Crippen LogP contribution in [0, 0.1) is 11.8 Å². The summed E-state index contributed by atoms with van der Waals surface area (Å²) in [5, 5.41) is 0. The number of hydrogen-bond donors (Lipinski definition) is 0. The minimum absolute atomic E-state index is 0.0540. The molecular weight excluding hydrogens is 328 g/mol. The van der Waals surface area contributed by atoms with Crippen molar-refractivity contribution in [3.8, 4) is 5.75 Å². The minimum atomic E-state index is -0.0540. The number of para-hydroxylation sites is 1. The van der Waals surface area contributed by atoms with Crippen LogP contribution in [0.25, 0.3) is 0 Å². The molecule has 0 aliphatic carbocycles. The van der Waals surface area contributed by atoms with Crippen molar-refractivity contribution in [2.75, 3.05) is 40.3 Å². The number of rotatable bonds is 7. The van der Waals surface area contributed by atoms with E-state index in [4.69, 9.17) is 9.47 Å². The molecule has 1 aromatic rings. The third kappa shape index (κ3) is 3.35. The maximum atomic E-state index is 12.7. The number of ether oxygens (including phenoxy) is 2. The Kier molecular flexibility index (Phi) is 4.93. The quantitative estimate of drug-likeness (QED) is 0.702. The number of nitrogens with zero attached hydrogens (tertiary/aromatic N) is 2. The highest BCUT2D eigenvalue weighted by Crippen LogP contribution is 2.54. The zero-order valence-corrected chi connectivity index (χ0v) is 15.9. The molecule has 0 N–H and O–H groups in total. The van der Waals surface area contributed by atoms with Crippen LogP contribution < -0.4 is 4.74 Å². The van der Waals surface area contributed by atoms with Gasteiger partial charge in [0.1, 0.15) is 5.75 Å². The summed E-state index contributed by atoms with van der Waals surface area (Å²) in [6, 6.07) is 9.78. The molecule has 4 atom stereocenters. The average Bonchev–Trinajstić information content (AvgIpc) is 3.29. The molecule has 5 nitrogen and oxygen atoms in total. The van der Waals surface area contributed by atoms with Gasteiger partial charge in [-0.25, -0.2) is 0 Å². The second-order valence-electron chi connectivity index (χ2n) is 8.33. The van der Waals surface area contributed by atoms with E-state index >= 15 is 0 Å². The topological polar surface area (TPSA) is 42.0 Å². The summed E-state index contributed by atoms with van der Waals surface area (Å²) in [5.74, 6) is 2.19. The maximum Gasteiger partial charge on any atom is 0.222 e. The predicted octanol–water partition coefficient (Wildman–Crippen LogP) is 2.41. The molecule has 2 bridgehead atoms. The number of benzene rings is 1. The summed E-state index contributed by atoms with van der Waals surface area (Å²) >= 11 is 0. The molecule has 0 unspecified atom stereocenters. The van der Waals surface area contributed by atoms with Gasteiger partial charge in [0.15, 0.2) is 0 Å². The fraction of sp³-hybridized carbons (Fsp3) is 0.667. The number of carbonyl (C=O) groups is 1. The van der Waals surface area contributed by atoms with Crippen molar-refractivity contribution in [1.82, 2.24) is 9.80 Å². The van der Waals surface area contributed by atoms with Gasteiger partial charge in [0.05, 0.1) is 24.9 Å². The molecule has 5 heteroatoms. The first-order chi connectivity index (χ1) is 12.6. The number of hydrogen-bond acceptors (Lipinski definition) is 4. The Morgan fingerprint density at radius 3 is 2.92 bits per heavy atom. The molecule has 3 aliphatic rings. The van der Waals surface area contributed by atoms with Crippen LogP contribution in [0.3, 0.4) is 0 Å². The zero-order valence-electron chi connectivity index (χ0n) is 15.9. The van der Waals surface area contributed by atoms with Crippen LogP contribution >= 0.6 is 0 Å². The Balaban J connectivity index is 1.27.